The van der Waals surface area contributed by atoms with Crippen LogP contribution < -0.4 is 15.4 Å². The molecule has 0 radical (unpaired) electrons. The molecule has 2 aromatic heterocycles. The van der Waals surface area contributed by atoms with E-state index in [9.17, 15) is 9.59 Å². The monoisotopic (exact) mass is 319 g/mol. The second-order valence-electron chi connectivity index (χ2n) is 4.47. The molecule has 0 spiro atoms. The minimum absolute atomic E-state index is 0.123. The van der Waals surface area contributed by atoms with Crippen LogP contribution in [0.1, 0.15) is 21.7 Å². The standard InChI is InChI=1S/C15H17N3O3S/c1-21-14-5-4-11(10-18-14)9-17-13(19)6-7-16-15(20)12-3-2-8-22-12/h2-5,8,10H,6-7,9H2,1H3,(H,16,20)(H,17,19). The van der Waals surface area contributed by atoms with Crippen LogP contribution in [0.2, 0.25) is 0 Å². The van der Waals surface area contributed by atoms with Crippen molar-refractivity contribution in [2.75, 3.05) is 13.7 Å². The van der Waals surface area contributed by atoms with E-state index in [0.717, 1.165) is 5.56 Å². The van der Waals surface area contributed by atoms with Gasteiger partial charge in [-0.25, -0.2) is 4.98 Å². The number of aromatic nitrogens is 1. The number of amides is 2. The van der Waals surface area contributed by atoms with Crippen LogP contribution in [0.4, 0.5) is 0 Å². The Kier molecular flexibility index (Phi) is 5.91. The molecule has 2 rings (SSSR count). The summed E-state index contributed by atoms with van der Waals surface area (Å²) < 4.78 is 4.96. The Morgan fingerprint density at radius 3 is 2.77 bits per heavy atom. The lowest BCUT2D eigenvalue weighted by atomic mass is 10.3. The first-order valence-corrected chi connectivity index (χ1v) is 7.64. The van der Waals surface area contributed by atoms with Crippen LogP contribution in [0, 0.1) is 0 Å². The van der Waals surface area contributed by atoms with Gasteiger partial charge >= 0.3 is 0 Å². The Balaban J connectivity index is 1.66. The molecule has 0 aliphatic carbocycles. The predicted molar refractivity (Wildman–Crippen MR) is 83.9 cm³/mol. The number of hydrogen-bond donors (Lipinski definition) is 2. The average Bonchev–Trinajstić information content (AvgIpc) is 3.08. The molecule has 0 bridgehead atoms. The highest BCUT2D eigenvalue weighted by molar-refractivity contribution is 7.12. The lowest BCUT2D eigenvalue weighted by molar-refractivity contribution is -0.121. The van der Waals surface area contributed by atoms with Crippen LogP contribution in [0.15, 0.2) is 35.8 Å². The third-order valence-corrected chi connectivity index (χ3v) is 3.75. The fourth-order valence-electron chi connectivity index (χ4n) is 1.71. The Morgan fingerprint density at radius 1 is 1.27 bits per heavy atom. The molecule has 6 nitrogen and oxygen atoms in total. The van der Waals surface area contributed by atoms with Crippen molar-refractivity contribution in [2.45, 2.75) is 13.0 Å². The van der Waals surface area contributed by atoms with Crippen molar-refractivity contribution >= 4 is 23.2 Å². The zero-order valence-corrected chi connectivity index (χ0v) is 13.0. The summed E-state index contributed by atoms with van der Waals surface area (Å²) in [5.74, 6) is 0.260. The molecular weight excluding hydrogens is 302 g/mol. The van der Waals surface area contributed by atoms with Gasteiger partial charge in [-0.1, -0.05) is 12.1 Å². The van der Waals surface area contributed by atoms with E-state index in [1.54, 1.807) is 25.4 Å². The lowest BCUT2D eigenvalue weighted by Gasteiger charge is -2.06. The Bertz CT molecular complexity index is 611. The largest absolute Gasteiger partial charge is 0.481 e. The van der Waals surface area contributed by atoms with E-state index in [1.165, 1.54) is 11.3 Å². The summed E-state index contributed by atoms with van der Waals surface area (Å²) in [6.45, 7) is 0.706. The fourth-order valence-corrected chi connectivity index (χ4v) is 2.35. The van der Waals surface area contributed by atoms with Crippen LogP contribution >= 0.6 is 11.3 Å². The molecule has 116 valence electrons. The number of ether oxygens (including phenoxy) is 1. The molecule has 0 aliphatic heterocycles. The van der Waals surface area contributed by atoms with E-state index in [0.29, 0.717) is 23.8 Å². The minimum atomic E-state index is -0.151. The van der Waals surface area contributed by atoms with E-state index in [1.807, 2.05) is 17.5 Å². The van der Waals surface area contributed by atoms with Crippen LogP contribution in [-0.2, 0) is 11.3 Å². The van der Waals surface area contributed by atoms with Crippen molar-refractivity contribution in [3.63, 3.8) is 0 Å². The molecule has 0 saturated heterocycles. The number of nitrogens with one attached hydrogen (secondary N) is 2. The summed E-state index contributed by atoms with van der Waals surface area (Å²) in [6.07, 6.45) is 1.89. The summed E-state index contributed by atoms with van der Waals surface area (Å²) in [5, 5.41) is 7.33. The van der Waals surface area contributed by atoms with Gasteiger partial charge in [0.25, 0.3) is 5.91 Å². The molecule has 2 heterocycles. The molecule has 0 saturated carbocycles. The van der Waals surface area contributed by atoms with Crippen LogP contribution in [-0.4, -0.2) is 30.5 Å². The van der Waals surface area contributed by atoms with Gasteiger partial charge in [0.15, 0.2) is 0 Å². The number of pyridine rings is 1. The summed E-state index contributed by atoms with van der Waals surface area (Å²) in [4.78, 5) is 28.1. The normalized spacial score (nSPS) is 10.0. The molecule has 7 heteroatoms. The van der Waals surface area contributed by atoms with Crippen molar-refractivity contribution in [1.29, 1.82) is 0 Å². The van der Waals surface area contributed by atoms with Crippen molar-refractivity contribution in [3.05, 3.63) is 46.3 Å². The summed E-state index contributed by atoms with van der Waals surface area (Å²) in [5.41, 5.74) is 0.886. The molecule has 0 aromatic carbocycles. The predicted octanol–water partition coefficient (Wildman–Crippen LogP) is 1.59. The smallest absolute Gasteiger partial charge is 0.261 e. The van der Waals surface area contributed by atoms with Gasteiger partial charge in [-0.15, -0.1) is 11.3 Å². The second-order valence-corrected chi connectivity index (χ2v) is 5.42. The van der Waals surface area contributed by atoms with Gasteiger partial charge in [0.1, 0.15) is 0 Å². The molecule has 2 N–H and O–H groups in total. The number of carbonyl (C=O) groups is 2. The maximum Gasteiger partial charge on any atom is 0.261 e. The summed E-state index contributed by atoms with van der Waals surface area (Å²) in [7, 11) is 1.55. The molecule has 0 aliphatic rings. The average molecular weight is 319 g/mol. The SMILES string of the molecule is COc1ccc(CNC(=O)CCNC(=O)c2cccs2)cn1. The van der Waals surface area contributed by atoms with Gasteiger partial charge in [-0.3, -0.25) is 9.59 Å². The van der Waals surface area contributed by atoms with E-state index in [-0.39, 0.29) is 18.2 Å². The quantitative estimate of drug-likeness (QED) is 0.812. The number of rotatable bonds is 7. The van der Waals surface area contributed by atoms with E-state index >= 15 is 0 Å². The van der Waals surface area contributed by atoms with E-state index < -0.39 is 0 Å². The lowest BCUT2D eigenvalue weighted by Crippen LogP contribution is -2.30. The van der Waals surface area contributed by atoms with Crippen LogP contribution in [0.3, 0.4) is 0 Å². The fraction of sp³-hybridized carbons (Fsp3) is 0.267. The van der Waals surface area contributed by atoms with Gasteiger partial charge in [0, 0.05) is 31.8 Å². The number of carbonyl (C=O) groups excluding carboxylic acids is 2. The molecular formula is C15H17N3O3S. The topological polar surface area (TPSA) is 80.3 Å². The van der Waals surface area contributed by atoms with Gasteiger partial charge in [0.05, 0.1) is 12.0 Å². The molecule has 0 fully saturated rings. The first-order chi connectivity index (χ1) is 10.7. The summed E-state index contributed by atoms with van der Waals surface area (Å²) in [6, 6.07) is 7.14. The highest BCUT2D eigenvalue weighted by atomic mass is 32.1. The van der Waals surface area contributed by atoms with Crippen LogP contribution in [0.25, 0.3) is 0 Å². The third-order valence-electron chi connectivity index (χ3n) is 2.88. The number of methoxy groups -OCH3 is 1. The zero-order chi connectivity index (χ0) is 15.8. The summed E-state index contributed by atoms with van der Waals surface area (Å²) >= 11 is 1.37. The Hall–Kier alpha value is -2.41. The second kappa shape index (κ2) is 8.14. The molecule has 2 amide bonds. The third kappa shape index (κ3) is 4.85. The number of thiophene rings is 1. The molecule has 22 heavy (non-hydrogen) atoms. The highest BCUT2D eigenvalue weighted by Gasteiger charge is 2.07. The maximum absolute atomic E-state index is 11.7. The number of hydrogen-bond acceptors (Lipinski definition) is 5. The van der Waals surface area contributed by atoms with Crippen molar-refractivity contribution in [2.24, 2.45) is 0 Å². The molecule has 0 atom stereocenters. The van der Waals surface area contributed by atoms with Crippen LogP contribution in [0.5, 0.6) is 5.88 Å². The molecule has 2 aromatic rings. The minimum Gasteiger partial charge on any atom is -0.481 e. The molecule has 0 unspecified atom stereocenters. The Labute approximate surface area is 132 Å². The first kappa shape index (κ1) is 16.0. The van der Waals surface area contributed by atoms with Gasteiger partial charge in [-0.05, 0) is 17.0 Å². The highest BCUT2D eigenvalue weighted by Crippen LogP contribution is 2.08. The van der Waals surface area contributed by atoms with Crippen molar-refractivity contribution < 1.29 is 14.3 Å². The first-order valence-electron chi connectivity index (χ1n) is 6.76. The maximum atomic E-state index is 11.7. The van der Waals surface area contributed by atoms with Gasteiger partial charge in [0.2, 0.25) is 11.8 Å². The van der Waals surface area contributed by atoms with Gasteiger partial charge in [-0.2, -0.15) is 0 Å². The van der Waals surface area contributed by atoms with Crippen molar-refractivity contribution in [3.8, 4) is 5.88 Å². The van der Waals surface area contributed by atoms with E-state index in [4.69, 9.17) is 4.74 Å². The van der Waals surface area contributed by atoms with Crippen molar-refractivity contribution in [1.82, 2.24) is 15.6 Å². The van der Waals surface area contributed by atoms with E-state index in [2.05, 4.69) is 15.6 Å². The Morgan fingerprint density at radius 2 is 2.14 bits per heavy atom. The number of nitrogens with zero attached hydrogens (tertiary/aromatic N) is 1. The zero-order valence-electron chi connectivity index (χ0n) is 12.2. The van der Waals surface area contributed by atoms with Gasteiger partial charge < -0.3 is 15.4 Å².